The largest absolute Gasteiger partial charge is 0.496 e. The van der Waals surface area contributed by atoms with Gasteiger partial charge < -0.3 is 10.1 Å². The van der Waals surface area contributed by atoms with Crippen molar-refractivity contribution in [3.05, 3.63) is 62.5 Å². The molecule has 0 amide bonds. The first-order valence-electron chi connectivity index (χ1n) is 5.92. The number of para-hydroxylation sites is 1. The summed E-state index contributed by atoms with van der Waals surface area (Å²) in [5.41, 5.74) is 2.28. The third-order valence-corrected chi connectivity index (χ3v) is 4.22. The first-order valence-corrected chi connectivity index (χ1v) is 7.51. The highest BCUT2D eigenvalue weighted by Gasteiger charge is 2.18. The van der Waals surface area contributed by atoms with Gasteiger partial charge in [-0.1, -0.05) is 50.1 Å². The summed E-state index contributed by atoms with van der Waals surface area (Å²) in [5.74, 6) is 0.883. The highest BCUT2D eigenvalue weighted by molar-refractivity contribution is 9.11. The topological polar surface area (TPSA) is 21.3 Å². The van der Waals surface area contributed by atoms with Crippen molar-refractivity contribution in [2.75, 3.05) is 14.2 Å². The number of nitrogens with one attached hydrogen (secondary N) is 1. The van der Waals surface area contributed by atoms with Gasteiger partial charge in [-0.25, -0.2) is 0 Å². The lowest BCUT2D eigenvalue weighted by Gasteiger charge is -2.21. The SMILES string of the molecule is CNC(c1cc(Br)ccc1Br)c1ccccc1OC. The van der Waals surface area contributed by atoms with Gasteiger partial charge in [-0.3, -0.25) is 0 Å². The fourth-order valence-corrected chi connectivity index (χ4v) is 2.97. The number of halogens is 2. The van der Waals surface area contributed by atoms with Gasteiger partial charge in [0.05, 0.1) is 13.2 Å². The van der Waals surface area contributed by atoms with E-state index < -0.39 is 0 Å². The molecule has 0 spiro atoms. The molecule has 2 aromatic carbocycles. The summed E-state index contributed by atoms with van der Waals surface area (Å²) >= 11 is 7.14. The minimum atomic E-state index is 0.0722. The minimum absolute atomic E-state index is 0.0722. The second-order valence-electron chi connectivity index (χ2n) is 4.13. The molecule has 0 bridgehead atoms. The Kier molecular flexibility index (Phi) is 5.02. The quantitative estimate of drug-likeness (QED) is 0.836. The van der Waals surface area contributed by atoms with Gasteiger partial charge in [0.2, 0.25) is 0 Å². The van der Waals surface area contributed by atoms with Crippen molar-refractivity contribution in [3.8, 4) is 5.75 Å². The molecule has 2 rings (SSSR count). The molecule has 19 heavy (non-hydrogen) atoms. The number of hydrogen-bond donors (Lipinski definition) is 1. The summed E-state index contributed by atoms with van der Waals surface area (Å²) in [5, 5.41) is 3.35. The van der Waals surface area contributed by atoms with Gasteiger partial charge in [0, 0.05) is 14.5 Å². The monoisotopic (exact) mass is 383 g/mol. The predicted octanol–water partition coefficient (Wildman–Crippen LogP) is 4.53. The lowest BCUT2D eigenvalue weighted by atomic mass is 9.98. The van der Waals surface area contributed by atoms with Gasteiger partial charge in [0.15, 0.2) is 0 Å². The summed E-state index contributed by atoms with van der Waals surface area (Å²) < 4.78 is 7.58. The Balaban J connectivity index is 2.53. The molecule has 100 valence electrons. The van der Waals surface area contributed by atoms with Gasteiger partial charge in [-0.2, -0.15) is 0 Å². The zero-order chi connectivity index (χ0) is 13.8. The van der Waals surface area contributed by atoms with Crippen LogP contribution in [0.1, 0.15) is 17.2 Å². The van der Waals surface area contributed by atoms with Crippen LogP contribution < -0.4 is 10.1 Å². The average Bonchev–Trinajstić information content (AvgIpc) is 2.44. The van der Waals surface area contributed by atoms with Crippen LogP contribution in [0, 0.1) is 0 Å². The van der Waals surface area contributed by atoms with Crippen LogP contribution in [0.15, 0.2) is 51.4 Å². The van der Waals surface area contributed by atoms with E-state index in [4.69, 9.17) is 4.74 Å². The Hall–Kier alpha value is -0.840. The molecule has 1 atom stereocenters. The molecule has 0 aromatic heterocycles. The Labute approximate surface area is 130 Å². The second-order valence-corrected chi connectivity index (χ2v) is 5.90. The van der Waals surface area contributed by atoms with E-state index in [1.807, 2.05) is 37.4 Å². The molecule has 0 radical (unpaired) electrons. The van der Waals surface area contributed by atoms with Crippen LogP contribution in [0.25, 0.3) is 0 Å². The van der Waals surface area contributed by atoms with Crippen LogP contribution in [-0.2, 0) is 0 Å². The third-order valence-electron chi connectivity index (χ3n) is 3.01. The molecular weight excluding hydrogens is 370 g/mol. The Morgan fingerprint density at radius 1 is 1.05 bits per heavy atom. The van der Waals surface area contributed by atoms with E-state index in [0.717, 1.165) is 20.3 Å². The Morgan fingerprint density at radius 3 is 2.47 bits per heavy atom. The van der Waals surface area contributed by atoms with Crippen molar-refractivity contribution in [2.24, 2.45) is 0 Å². The van der Waals surface area contributed by atoms with E-state index in [2.05, 4.69) is 49.3 Å². The molecule has 0 saturated carbocycles. The molecule has 0 aliphatic carbocycles. The van der Waals surface area contributed by atoms with E-state index in [1.165, 1.54) is 5.56 Å². The fourth-order valence-electron chi connectivity index (χ4n) is 2.12. The number of hydrogen-bond acceptors (Lipinski definition) is 2. The molecular formula is C15H15Br2NO. The molecule has 0 aliphatic rings. The maximum Gasteiger partial charge on any atom is 0.123 e. The summed E-state index contributed by atoms with van der Waals surface area (Å²) in [7, 11) is 3.64. The zero-order valence-electron chi connectivity index (χ0n) is 10.8. The Morgan fingerprint density at radius 2 is 1.79 bits per heavy atom. The number of rotatable bonds is 4. The predicted molar refractivity (Wildman–Crippen MR) is 85.7 cm³/mol. The third kappa shape index (κ3) is 3.19. The Bertz CT molecular complexity index is 572. The smallest absolute Gasteiger partial charge is 0.123 e. The fraction of sp³-hybridized carbons (Fsp3) is 0.200. The average molecular weight is 385 g/mol. The second kappa shape index (κ2) is 6.55. The number of ether oxygens (including phenoxy) is 1. The summed E-state index contributed by atoms with van der Waals surface area (Å²) in [6.07, 6.45) is 0. The molecule has 4 heteroatoms. The normalized spacial score (nSPS) is 12.2. The minimum Gasteiger partial charge on any atom is -0.496 e. The standard InChI is InChI=1S/C15H15Br2NO/c1-18-15(11-5-3-4-6-14(11)19-2)12-9-10(16)7-8-13(12)17/h3-9,15,18H,1-2H3. The van der Waals surface area contributed by atoms with Gasteiger partial charge in [0.25, 0.3) is 0 Å². The zero-order valence-corrected chi connectivity index (χ0v) is 14.0. The van der Waals surface area contributed by atoms with Crippen molar-refractivity contribution in [2.45, 2.75) is 6.04 Å². The first kappa shape index (κ1) is 14.6. The van der Waals surface area contributed by atoms with Crippen molar-refractivity contribution < 1.29 is 4.74 Å². The number of benzene rings is 2. The van der Waals surface area contributed by atoms with E-state index in [9.17, 15) is 0 Å². The van der Waals surface area contributed by atoms with E-state index in [0.29, 0.717) is 0 Å². The highest BCUT2D eigenvalue weighted by atomic mass is 79.9. The molecule has 0 fully saturated rings. The maximum absolute atomic E-state index is 5.45. The van der Waals surface area contributed by atoms with Gasteiger partial charge in [0.1, 0.15) is 5.75 Å². The van der Waals surface area contributed by atoms with E-state index >= 15 is 0 Å². The molecule has 0 saturated heterocycles. The van der Waals surface area contributed by atoms with Crippen LogP contribution in [-0.4, -0.2) is 14.2 Å². The number of methoxy groups -OCH3 is 1. The molecule has 2 aromatic rings. The van der Waals surface area contributed by atoms with Crippen LogP contribution in [0.4, 0.5) is 0 Å². The van der Waals surface area contributed by atoms with Gasteiger partial charge in [-0.15, -0.1) is 0 Å². The van der Waals surface area contributed by atoms with Gasteiger partial charge in [-0.05, 0) is 36.9 Å². The molecule has 1 unspecified atom stereocenters. The van der Waals surface area contributed by atoms with Crippen molar-refractivity contribution >= 4 is 31.9 Å². The van der Waals surface area contributed by atoms with Gasteiger partial charge >= 0.3 is 0 Å². The highest BCUT2D eigenvalue weighted by Crippen LogP contribution is 2.34. The first-order chi connectivity index (χ1) is 9.17. The van der Waals surface area contributed by atoms with Crippen molar-refractivity contribution in [1.82, 2.24) is 5.32 Å². The van der Waals surface area contributed by atoms with E-state index in [1.54, 1.807) is 7.11 Å². The van der Waals surface area contributed by atoms with Crippen molar-refractivity contribution in [1.29, 1.82) is 0 Å². The maximum atomic E-state index is 5.45. The lowest BCUT2D eigenvalue weighted by molar-refractivity contribution is 0.405. The summed E-state index contributed by atoms with van der Waals surface area (Å²) in [6.45, 7) is 0. The molecule has 1 N–H and O–H groups in total. The van der Waals surface area contributed by atoms with E-state index in [-0.39, 0.29) is 6.04 Å². The van der Waals surface area contributed by atoms with Crippen LogP contribution >= 0.6 is 31.9 Å². The summed E-state index contributed by atoms with van der Waals surface area (Å²) in [4.78, 5) is 0. The van der Waals surface area contributed by atoms with Crippen molar-refractivity contribution in [3.63, 3.8) is 0 Å². The molecule has 0 aliphatic heterocycles. The van der Waals surface area contributed by atoms with Crippen LogP contribution in [0.2, 0.25) is 0 Å². The van der Waals surface area contributed by atoms with Crippen LogP contribution in [0.5, 0.6) is 5.75 Å². The lowest BCUT2D eigenvalue weighted by Crippen LogP contribution is -2.19. The molecule has 0 heterocycles. The molecule has 2 nitrogen and oxygen atoms in total. The van der Waals surface area contributed by atoms with Crippen LogP contribution in [0.3, 0.4) is 0 Å². The summed E-state index contributed by atoms with van der Waals surface area (Å²) in [6, 6.07) is 14.3.